The van der Waals surface area contributed by atoms with Gasteiger partial charge in [0, 0.05) is 12.8 Å². The van der Waals surface area contributed by atoms with Crippen LogP contribution < -0.4 is 4.89 Å². The van der Waals surface area contributed by atoms with Crippen LogP contribution in [0.25, 0.3) is 0 Å². The number of unbranched alkanes of at least 4 members (excludes halogenated alkanes) is 20. The molecule has 0 fully saturated rings. The topological polar surface area (TPSA) is 111 Å². The van der Waals surface area contributed by atoms with Gasteiger partial charge in [-0.05, 0) is 64.2 Å². The molecule has 0 aromatic rings. The maximum atomic E-state index is 12.6. The summed E-state index contributed by atoms with van der Waals surface area (Å²) < 4.78 is 33.8. The molecule has 0 spiro atoms. The fourth-order valence-electron chi connectivity index (χ4n) is 5.58. The summed E-state index contributed by atoms with van der Waals surface area (Å²) in [5.41, 5.74) is 0. The number of nitrogens with zero attached hydrogens (tertiary/aromatic N) is 1. The lowest BCUT2D eigenvalue weighted by atomic mass is 10.1. The van der Waals surface area contributed by atoms with Crippen LogP contribution in [-0.4, -0.2) is 70.0 Å². The van der Waals surface area contributed by atoms with Gasteiger partial charge < -0.3 is 27.9 Å². The minimum Gasteiger partial charge on any atom is -0.756 e. The highest BCUT2D eigenvalue weighted by molar-refractivity contribution is 7.45. The van der Waals surface area contributed by atoms with Crippen LogP contribution >= 0.6 is 7.82 Å². The van der Waals surface area contributed by atoms with Crippen molar-refractivity contribution in [3.8, 4) is 0 Å². The monoisotopic (exact) mass is 758 g/mol. The minimum absolute atomic E-state index is 0.0327. The van der Waals surface area contributed by atoms with Gasteiger partial charge in [-0.3, -0.25) is 14.2 Å². The molecule has 0 saturated heterocycles. The molecule has 0 bridgehead atoms. The van der Waals surface area contributed by atoms with Crippen molar-refractivity contribution in [2.45, 2.75) is 187 Å². The smallest absolute Gasteiger partial charge is 0.306 e. The van der Waals surface area contributed by atoms with Crippen LogP contribution in [0.2, 0.25) is 0 Å². The van der Waals surface area contributed by atoms with Crippen molar-refractivity contribution in [1.82, 2.24) is 0 Å². The number of ether oxygens (including phenoxy) is 2. The summed E-state index contributed by atoms with van der Waals surface area (Å²) in [5, 5.41) is 0. The highest BCUT2D eigenvalue weighted by Gasteiger charge is 2.21. The van der Waals surface area contributed by atoms with Gasteiger partial charge in [-0.1, -0.05) is 128 Å². The SMILES string of the molecule is CCCCC/C=C\CCCCCCCC(=O)OC[C@H](COP(=O)([O-])OCC[N+](C)(C)C)OC(=O)CCCCCCC/C=C\CCCCCCCCC. The molecule has 0 heterocycles. The Kier molecular flexibility index (Phi) is 34.2. The van der Waals surface area contributed by atoms with E-state index in [4.69, 9.17) is 18.5 Å². The second-order valence-electron chi connectivity index (χ2n) is 15.3. The van der Waals surface area contributed by atoms with E-state index in [0.29, 0.717) is 17.4 Å². The normalized spacial score (nSPS) is 13.9. The number of phosphoric acid groups is 1. The highest BCUT2D eigenvalue weighted by Crippen LogP contribution is 2.38. The summed E-state index contributed by atoms with van der Waals surface area (Å²) in [5.74, 6) is -0.853. The van der Waals surface area contributed by atoms with E-state index in [2.05, 4.69) is 38.2 Å². The number of phosphoric ester groups is 1. The van der Waals surface area contributed by atoms with Crippen LogP contribution in [0.15, 0.2) is 24.3 Å². The molecule has 1 unspecified atom stereocenters. The molecule has 10 heteroatoms. The van der Waals surface area contributed by atoms with Crippen LogP contribution in [-0.2, 0) is 32.7 Å². The van der Waals surface area contributed by atoms with Gasteiger partial charge >= 0.3 is 11.9 Å². The van der Waals surface area contributed by atoms with Gasteiger partial charge in [0.15, 0.2) is 6.10 Å². The van der Waals surface area contributed by atoms with Gasteiger partial charge in [-0.2, -0.15) is 0 Å². The van der Waals surface area contributed by atoms with E-state index >= 15 is 0 Å². The molecule has 0 aliphatic rings. The molecule has 0 radical (unpaired) electrons. The largest absolute Gasteiger partial charge is 0.756 e. The Labute approximate surface area is 319 Å². The Morgan fingerprint density at radius 1 is 0.577 bits per heavy atom. The van der Waals surface area contributed by atoms with Gasteiger partial charge in [0.05, 0.1) is 27.7 Å². The summed E-state index contributed by atoms with van der Waals surface area (Å²) in [6.07, 6.45) is 36.3. The first kappa shape index (κ1) is 50.5. The molecule has 0 rings (SSSR count). The second kappa shape index (κ2) is 35.2. The van der Waals surface area contributed by atoms with E-state index in [1.165, 1.54) is 77.0 Å². The summed E-state index contributed by atoms with van der Waals surface area (Å²) in [4.78, 5) is 37.4. The predicted molar refractivity (Wildman–Crippen MR) is 213 cm³/mol. The van der Waals surface area contributed by atoms with E-state index in [1.54, 1.807) is 0 Å². The standard InChI is InChI=1S/C42H80NO8P/c1-6-8-10-12-14-16-18-20-21-22-23-25-27-29-31-33-35-42(45)51-40(39-50-52(46,47)49-37-36-43(3,4)5)38-48-41(44)34-32-30-28-26-24-19-17-15-13-11-9-7-2/h15,17,21-22,40H,6-14,16,18-20,23-39H2,1-5H3/b17-15-,22-21-/t40-/m1/s1. The quantitative estimate of drug-likeness (QED) is 0.0201. The summed E-state index contributed by atoms with van der Waals surface area (Å²) >= 11 is 0. The van der Waals surface area contributed by atoms with Crippen LogP contribution in [0.1, 0.15) is 181 Å². The third-order valence-corrected chi connectivity index (χ3v) is 9.91. The molecule has 52 heavy (non-hydrogen) atoms. The number of carbonyl (C=O) groups excluding carboxylic acids is 2. The van der Waals surface area contributed by atoms with Gasteiger partial charge in [0.25, 0.3) is 7.82 Å². The average molecular weight is 758 g/mol. The first-order chi connectivity index (χ1) is 25.0. The number of hydrogen-bond acceptors (Lipinski definition) is 8. The molecule has 0 aromatic carbocycles. The Morgan fingerprint density at radius 3 is 1.46 bits per heavy atom. The van der Waals surface area contributed by atoms with Gasteiger partial charge in [-0.15, -0.1) is 0 Å². The predicted octanol–water partition coefficient (Wildman–Crippen LogP) is 10.9. The molecule has 0 N–H and O–H groups in total. The maximum Gasteiger partial charge on any atom is 0.306 e. The molecule has 0 aromatic heterocycles. The fourth-order valence-corrected chi connectivity index (χ4v) is 6.31. The van der Waals surface area contributed by atoms with E-state index in [9.17, 15) is 19.0 Å². The molecule has 0 aliphatic heterocycles. The summed E-state index contributed by atoms with van der Waals surface area (Å²) in [6.45, 7) is 4.18. The van der Waals surface area contributed by atoms with Crippen LogP contribution in [0.5, 0.6) is 0 Å². The Hall–Kier alpha value is -1.51. The van der Waals surface area contributed by atoms with Crippen molar-refractivity contribution in [3.05, 3.63) is 24.3 Å². The summed E-state index contributed by atoms with van der Waals surface area (Å²) in [7, 11) is 1.16. The zero-order valence-electron chi connectivity index (χ0n) is 34.3. The Balaban J connectivity index is 4.40. The lowest BCUT2D eigenvalue weighted by Crippen LogP contribution is -2.37. The zero-order chi connectivity index (χ0) is 38.6. The molecular weight excluding hydrogens is 677 g/mol. The van der Waals surface area contributed by atoms with Crippen molar-refractivity contribution in [1.29, 1.82) is 0 Å². The van der Waals surface area contributed by atoms with Crippen molar-refractivity contribution in [3.63, 3.8) is 0 Å². The maximum absolute atomic E-state index is 12.6. The number of hydrogen-bond donors (Lipinski definition) is 0. The Morgan fingerprint density at radius 2 is 0.981 bits per heavy atom. The number of allylic oxidation sites excluding steroid dienone is 4. The third kappa shape index (κ3) is 38.2. The molecule has 0 amide bonds. The van der Waals surface area contributed by atoms with Crippen LogP contribution in [0, 0.1) is 0 Å². The van der Waals surface area contributed by atoms with E-state index in [1.807, 2.05) is 21.1 Å². The molecule has 306 valence electrons. The molecule has 9 nitrogen and oxygen atoms in total. The Bertz CT molecular complexity index is 949. The number of rotatable bonds is 38. The van der Waals surface area contributed by atoms with Crippen molar-refractivity contribution in [2.24, 2.45) is 0 Å². The number of quaternary nitrogens is 1. The minimum atomic E-state index is -4.62. The number of esters is 2. The first-order valence-electron chi connectivity index (χ1n) is 21.0. The van der Waals surface area contributed by atoms with Crippen LogP contribution in [0.3, 0.4) is 0 Å². The zero-order valence-corrected chi connectivity index (χ0v) is 35.2. The van der Waals surface area contributed by atoms with Crippen molar-refractivity contribution >= 4 is 19.8 Å². The second-order valence-corrected chi connectivity index (χ2v) is 16.8. The molecule has 0 saturated carbocycles. The van der Waals surface area contributed by atoms with E-state index < -0.39 is 32.5 Å². The average Bonchev–Trinajstić information content (AvgIpc) is 3.09. The lowest BCUT2D eigenvalue weighted by Gasteiger charge is -2.28. The highest BCUT2D eigenvalue weighted by atomic mass is 31.2. The van der Waals surface area contributed by atoms with E-state index in [0.717, 1.165) is 70.6 Å². The fraction of sp³-hybridized carbons (Fsp3) is 0.857. The van der Waals surface area contributed by atoms with E-state index in [-0.39, 0.29) is 26.1 Å². The molecule has 0 aliphatic carbocycles. The number of carbonyl (C=O) groups is 2. The van der Waals surface area contributed by atoms with Gasteiger partial charge in [-0.25, -0.2) is 0 Å². The van der Waals surface area contributed by atoms with Crippen molar-refractivity contribution < 1.29 is 42.1 Å². The van der Waals surface area contributed by atoms with Gasteiger partial charge in [0.1, 0.15) is 19.8 Å². The first-order valence-corrected chi connectivity index (χ1v) is 22.5. The third-order valence-electron chi connectivity index (χ3n) is 8.94. The van der Waals surface area contributed by atoms with Gasteiger partial charge in [0.2, 0.25) is 0 Å². The lowest BCUT2D eigenvalue weighted by molar-refractivity contribution is -0.870. The molecular formula is C42H80NO8P. The number of likely N-dealkylation sites (N-methyl/N-ethyl adjacent to an activating group) is 1. The van der Waals surface area contributed by atoms with Crippen molar-refractivity contribution in [2.75, 3.05) is 47.5 Å². The van der Waals surface area contributed by atoms with Crippen LogP contribution in [0.4, 0.5) is 0 Å². The summed E-state index contributed by atoms with van der Waals surface area (Å²) in [6, 6.07) is 0. The molecule has 2 atom stereocenters.